The minimum absolute atomic E-state index is 0.219. The van der Waals surface area contributed by atoms with Crippen molar-refractivity contribution >= 4 is 56.6 Å². The number of fused-ring (bicyclic) bond motifs is 4. The molecule has 54 heavy (non-hydrogen) atoms. The quantitative estimate of drug-likeness (QED) is 0.197. The van der Waals surface area contributed by atoms with Crippen molar-refractivity contribution in [1.29, 1.82) is 0 Å². The van der Waals surface area contributed by atoms with E-state index in [2.05, 4.69) is 19.8 Å². The Morgan fingerprint density at radius 3 is 1.33 bits per heavy atom. The molecule has 0 unspecified atom stereocenters. The van der Waals surface area contributed by atoms with Crippen LogP contribution in [0.15, 0.2) is 59.9 Å². The molecule has 0 radical (unpaired) electrons. The first-order chi connectivity index (χ1) is 26.3. The van der Waals surface area contributed by atoms with Crippen LogP contribution in [0.25, 0.3) is 33.0 Å². The number of H-pyrrole nitrogens is 2. The van der Waals surface area contributed by atoms with E-state index in [9.17, 15) is 19.2 Å². The molecule has 280 valence electrons. The number of aromatic amines is 2. The van der Waals surface area contributed by atoms with E-state index in [4.69, 9.17) is 0 Å². The highest BCUT2D eigenvalue weighted by molar-refractivity contribution is 6.38. The Balaban J connectivity index is 1.14. The Kier molecular flexibility index (Phi) is 8.94. The number of imide groups is 2. The molecule has 2 aromatic carbocycles. The molecule has 2 aromatic heterocycles. The number of hydrogen-bond donors (Lipinski definition) is 2. The highest BCUT2D eigenvalue weighted by Gasteiger charge is 2.44. The molecule has 10 heteroatoms. The number of benzene rings is 2. The number of likely N-dealkylation sites (N-methyl/N-ethyl adjacent to an activating group) is 2. The fourth-order valence-electron chi connectivity index (χ4n) is 10.0. The van der Waals surface area contributed by atoms with E-state index in [-0.39, 0.29) is 23.6 Å². The molecule has 7 aliphatic heterocycles. The monoisotopic (exact) mass is 726 g/mol. The van der Waals surface area contributed by atoms with Crippen LogP contribution < -0.4 is 0 Å². The third-order valence-corrected chi connectivity index (χ3v) is 13.0. The minimum atomic E-state index is -0.250. The molecule has 2 fully saturated rings. The average molecular weight is 727 g/mol. The van der Waals surface area contributed by atoms with Gasteiger partial charge in [-0.1, -0.05) is 68.5 Å². The first-order valence-electron chi connectivity index (χ1n) is 20.1. The van der Waals surface area contributed by atoms with Crippen molar-refractivity contribution in [2.45, 2.75) is 77.0 Å². The van der Waals surface area contributed by atoms with Gasteiger partial charge in [0.25, 0.3) is 23.6 Å². The Morgan fingerprint density at radius 1 is 0.500 bits per heavy atom. The van der Waals surface area contributed by atoms with E-state index in [1.54, 1.807) is 14.1 Å². The summed E-state index contributed by atoms with van der Waals surface area (Å²) in [7, 11) is 3.21. The molecule has 4 bridgehead atoms. The standard InChI is InChI=1S/C44H50N6O4/c1-47-41(51)37-35-29-13-6-8-15-31(29)45-33(35)17-10-18-34-36(30-14-7-9-16-32(30)46-34)38-40(44(54)48(2)42(38)52)50-25-21-28(22-26-50)12-5-3-4-11-27-19-23-49(24-20-27)39(37)43(47)53/h6-9,13-16,27-28,45-46H,3-5,10-12,17-26H2,1-2H3. The smallest absolute Gasteiger partial charge is 0.277 e. The SMILES string of the molecule is CN1C(=O)C2=C(C1=O)N1CCC(CCCCCC3CCN(CC3)C3=C(C(=O)N(C)C3=O)c3c([nH]c4ccccc34)CCCc3[nH]c4ccccc4c32)CC1. The molecule has 0 atom stereocenters. The summed E-state index contributed by atoms with van der Waals surface area (Å²) in [5, 5.41) is 1.88. The third-order valence-electron chi connectivity index (χ3n) is 13.0. The van der Waals surface area contributed by atoms with Gasteiger partial charge in [0, 0.05) is 84.6 Å². The second kappa shape index (κ2) is 13.9. The lowest BCUT2D eigenvalue weighted by Crippen LogP contribution is -2.37. The lowest BCUT2D eigenvalue weighted by molar-refractivity contribution is -0.137. The molecule has 0 saturated carbocycles. The molecule has 2 saturated heterocycles. The average Bonchev–Trinajstić information content (AvgIpc) is 3.87. The third kappa shape index (κ3) is 5.76. The van der Waals surface area contributed by atoms with Crippen LogP contribution in [0.4, 0.5) is 0 Å². The van der Waals surface area contributed by atoms with Crippen molar-refractivity contribution in [3.8, 4) is 0 Å². The molecule has 0 aliphatic carbocycles. The second-order valence-corrected chi connectivity index (χ2v) is 16.2. The number of hydrogen-bond acceptors (Lipinski definition) is 6. The largest absolute Gasteiger partial charge is 0.366 e. The van der Waals surface area contributed by atoms with Crippen molar-refractivity contribution in [1.82, 2.24) is 29.6 Å². The number of para-hydroxylation sites is 2. The Morgan fingerprint density at radius 2 is 0.907 bits per heavy atom. The van der Waals surface area contributed by atoms with Gasteiger partial charge in [-0.2, -0.15) is 0 Å². The molecule has 9 heterocycles. The first kappa shape index (κ1) is 34.6. The van der Waals surface area contributed by atoms with Crippen LogP contribution in [-0.2, 0) is 32.0 Å². The lowest BCUT2D eigenvalue weighted by atomic mass is 9.88. The molecule has 4 aromatic rings. The van der Waals surface area contributed by atoms with E-state index in [1.807, 2.05) is 48.5 Å². The number of piperidine rings is 2. The van der Waals surface area contributed by atoms with Gasteiger partial charge in [-0.25, -0.2) is 0 Å². The predicted octanol–water partition coefficient (Wildman–Crippen LogP) is 6.63. The topological polar surface area (TPSA) is 113 Å². The molecule has 0 spiro atoms. The molecule has 7 aliphatic rings. The van der Waals surface area contributed by atoms with Crippen molar-refractivity contribution in [2.75, 3.05) is 40.3 Å². The maximum absolute atomic E-state index is 14.1. The number of aryl methyl sites for hydroxylation is 2. The van der Waals surface area contributed by atoms with Crippen LogP contribution in [0.3, 0.4) is 0 Å². The summed E-state index contributed by atoms with van der Waals surface area (Å²) < 4.78 is 0. The van der Waals surface area contributed by atoms with E-state index in [0.717, 1.165) is 96.2 Å². The van der Waals surface area contributed by atoms with Crippen LogP contribution >= 0.6 is 0 Å². The summed E-state index contributed by atoms with van der Waals surface area (Å²) in [6, 6.07) is 16.1. The summed E-state index contributed by atoms with van der Waals surface area (Å²) in [5.74, 6) is 0.329. The Bertz CT molecular complexity index is 2090. The van der Waals surface area contributed by atoms with E-state index in [1.165, 1.54) is 41.9 Å². The van der Waals surface area contributed by atoms with Gasteiger partial charge >= 0.3 is 0 Å². The Labute approximate surface area is 316 Å². The van der Waals surface area contributed by atoms with Crippen molar-refractivity contribution in [2.24, 2.45) is 11.8 Å². The van der Waals surface area contributed by atoms with Crippen LogP contribution in [0, 0.1) is 11.8 Å². The number of nitrogens with zero attached hydrogens (tertiary/aromatic N) is 4. The van der Waals surface area contributed by atoms with Gasteiger partial charge in [0.05, 0.1) is 11.1 Å². The normalized spacial score (nSPS) is 23.5. The van der Waals surface area contributed by atoms with Crippen molar-refractivity contribution in [3.63, 3.8) is 0 Å². The zero-order valence-electron chi connectivity index (χ0n) is 31.5. The molecule has 10 nitrogen and oxygen atoms in total. The zero-order valence-corrected chi connectivity index (χ0v) is 31.5. The number of rotatable bonds is 0. The lowest BCUT2D eigenvalue weighted by Gasteiger charge is -2.34. The summed E-state index contributed by atoms with van der Waals surface area (Å²) in [5.41, 5.74) is 7.46. The second-order valence-electron chi connectivity index (χ2n) is 16.2. The van der Waals surface area contributed by atoms with Crippen molar-refractivity contribution < 1.29 is 19.2 Å². The summed E-state index contributed by atoms with van der Waals surface area (Å²) >= 11 is 0. The number of nitrogens with one attached hydrogen (secondary N) is 2. The number of aromatic nitrogens is 2. The van der Waals surface area contributed by atoms with Gasteiger partial charge < -0.3 is 19.8 Å². The number of carbonyl (C=O) groups excluding carboxylic acids is 4. The van der Waals surface area contributed by atoms with Gasteiger partial charge in [0.1, 0.15) is 11.4 Å². The van der Waals surface area contributed by atoms with Gasteiger partial charge in [0.15, 0.2) is 0 Å². The summed E-state index contributed by atoms with van der Waals surface area (Å²) in [6.07, 6.45) is 12.1. The highest BCUT2D eigenvalue weighted by Crippen LogP contribution is 2.42. The minimum Gasteiger partial charge on any atom is -0.366 e. The maximum atomic E-state index is 14.1. The van der Waals surface area contributed by atoms with Crippen LogP contribution in [-0.4, -0.2) is 93.5 Å². The number of carbonyl (C=O) groups is 4. The highest BCUT2D eigenvalue weighted by atomic mass is 16.2. The van der Waals surface area contributed by atoms with E-state index >= 15 is 0 Å². The van der Waals surface area contributed by atoms with Crippen molar-refractivity contribution in [3.05, 3.63) is 82.4 Å². The summed E-state index contributed by atoms with van der Waals surface area (Å²) in [4.78, 5) is 70.1. The molecule has 2 N–H and O–H groups in total. The van der Waals surface area contributed by atoms with Crippen LogP contribution in [0.5, 0.6) is 0 Å². The fraction of sp³-hybridized carbons (Fsp3) is 0.455. The van der Waals surface area contributed by atoms with E-state index < -0.39 is 0 Å². The zero-order chi connectivity index (χ0) is 37.1. The number of amides is 4. The molecule has 11 rings (SSSR count). The maximum Gasteiger partial charge on any atom is 0.277 e. The fourth-order valence-corrected chi connectivity index (χ4v) is 10.0. The van der Waals surface area contributed by atoms with Gasteiger partial charge in [-0.05, 0) is 68.9 Å². The predicted molar refractivity (Wildman–Crippen MR) is 210 cm³/mol. The van der Waals surface area contributed by atoms with Gasteiger partial charge in [0.2, 0.25) is 0 Å². The van der Waals surface area contributed by atoms with Gasteiger partial charge in [-0.15, -0.1) is 0 Å². The van der Waals surface area contributed by atoms with Crippen LogP contribution in [0.2, 0.25) is 0 Å². The van der Waals surface area contributed by atoms with Crippen LogP contribution in [0.1, 0.15) is 86.7 Å². The van der Waals surface area contributed by atoms with Gasteiger partial charge in [-0.3, -0.25) is 29.0 Å². The Hall–Kier alpha value is -5.12. The molecular weight excluding hydrogens is 677 g/mol. The summed E-state index contributed by atoms with van der Waals surface area (Å²) in [6.45, 7) is 3.13. The molecule has 4 amide bonds. The van der Waals surface area contributed by atoms with E-state index in [0.29, 0.717) is 53.6 Å². The first-order valence-corrected chi connectivity index (χ1v) is 20.1. The molecular formula is C44H50N6O4.